The van der Waals surface area contributed by atoms with E-state index in [1.807, 2.05) is 0 Å². The van der Waals surface area contributed by atoms with Crippen LogP contribution in [0.15, 0.2) is 24.3 Å². The lowest BCUT2D eigenvalue weighted by Crippen LogP contribution is -2.51. The Bertz CT molecular complexity index is 468. The molecule has 0 radical (unpaired) electrons. The molecule has 0 spiro atoms. The molecule has 1 atom stereocenters. The van der Waals surface area contributed by atoms with Gasteiger partial charge in [0.2, 0.25) is 5.91 Å². The Morgan fingerprint density at radius 3 is 2.81 bits per heavy atom. The molecule has 5 nitrogen and oxygen atoms in total. The average Bonchev–Trinajstić information content (AvgIpc) is 2.43. The molecular formula is C14H19F2N3O2. The van der Waals surface area contributed by atoms with Gasteiger partial charge in [0.1, 0.15) is 5.75 Å². The van der Waals surface area contributed by atoms with Crippen molar-refractivity contribution in [3.8, 4) is 5.75 Å². The first-order valence-electron chi connectivity index (χ1n) is 6.84. The number of halogens is 2. The molecule has 116 valence electrons. The summed E-state index contributed by atoms with van der Waals surface area (Å²) in [4.78, 5) is 14.1. The fourth-order valence-corrected chi connectivity index (χ4v) is 2.22. The number of ether oxygens (including phenoxy) is 1. The minimum Gasteiger partial charge on any atom is -0.435 e. The molecule has 1 saturated heterocycles. The van der Waals surface area contributed by atoms with E-state index in [1.54, 1.807) is 0 Å². The highest BCUT2D eigenvalue weighted by Crippen LogP contribution is 2.17. The summed E-state index contributed by atoms with van der Waals surface area (Å²) >= 11 is 0. The van der Waals surface area contributed by atoms with Crippen LogP contribution in [0.1, 0.15) is 6.92 Å². The van der Waals surface area contributed by atoms with Crippen molar-refractivity contribution in [2.75, 3.05) is 31.5 Å². The zero-order valence-corrected chi connectivity index (χ0v) is 11.8. The molecule has 1 aromatic carbocycles. The van der Waals surface area contributed by atoms with E-state index in [-0.39, 0.29) is 11.7 Å². The van der Waals surface area contributed by atoms with Crippen LogP contribution < -0.4 is 15.4 Å². The van der Waals surface area contributed by atoms with Gasteiger partial charge in [0.25, 0.3) is 0 Å². The zero-order chi connectivity index (χ0) is 15.2. The predicted molar refractivity (Wildman–Crippen MR) is 75.6 cm³/mol. The highest BCUT2D eigenvalue weighted by atomic mass is 19.3. The van der Waals surface area contributed by atoms with Gasteiger partial charge in [-0.15, -0.1) is 0 Å². The van der Waals surface area contributed by atoms with Crippen LogP contribution in [-0.2, 0) is 4.79 Å². The van der Waals surface area contributed by atoms with Crippen molar-refractivity contribution in [1.29, 1.82) is 0 Å². The van der Waals surface area contributed by atoms with Gasteiger partial charge in [-0.1, -0.05) is 0 Å². The first-order valence-corrected chi connectivity index (χ1v) is 6.84. The maximum absolute atomic E-state index is 12.0. The Balaban J connectivity index is 1.84. The zero-order valence-electron chi connectivity index (χ0n) is 11.8. The van der Waals surface area contributed by atoms with Gasteiger partial charge in [0, 0.05) is 31.4 Å². The van der Waals surface area contributed by atoms with E-state index in [9.17, 15) is 13.6 Å². The number of amides is 1. The molecule has 0 aliphatic carbocycles. The number of benzene rings is 1. The second-order valence-corrected chi connectivity index (χ2v) is 4.97. The molecule has 1 aliphatic heterocycles. The van der Waals surface area contributed by atoms with Crippen molar-refractivity contribution in [2.45, 2.75) is 19.6 Å². The third kappa shape index (κ3) is 4.95. The van der Waals surface area contributed by atoms with Crippen LogP contribution in [0.2, 0.25) is 0 Å². The molecule has 1 aromatic rings. The fourth-order valence-electron chi connectivity index (χ4n) is 2.22. The molecule has 0 saturated carbocycles. The number of alkyl halides is 2. The van der Waals surface area contributed by atoms with E-state index in [2.05, 4.69) is 27.2 Å². The SMILES string of the molecule is C[C@@H]1CNCCN1CC(=O)Nc1ccc(OC(F)F)cc1. The Morgan fingerprint density at radius 1 is 1.48 bits per heavy atom. The highest BCUT2D eigenvalue weighted by Gasteiger charge is 2.20. The summed E-state index contributed by atoms with van der Waals surface area (Å²) in [7, 11) is 0. The number of nitrogens with one attached hydrogen (secondary N) is 2. The summed E-state index contributed by atoms with van der Waals surface area (Å²) in [5.74, 6) is -0.0509. The van der Waals surface area contributed by atoms with Gasteiger partial charge >= 0.3 is 6.61 Å². The van der Waals surface area contributed by atoms with Crippen molar-refractivity contribution < 1.29 is 18.3 Å². The second-order valence-electron chi connectivity index (χ2n) is 4.97. The van der Waals surface area contributed by atoms with Crippen LogP contribution in [-0.4, -0.2) is 49.6 Å². The largest absolute Gasteiger partial charge is 0.435 e. The Kier molecular flexibility index (Phi) is 5.46. The average molecular weight is 299 g/mol. The molecule has 1 aliphatic rings. The smallest absolute Gasteiger partial charge is 0.387 e. The number of rotatable bonds is 5. The van der Waals surface area contributed by atoms with Crippen LogP contribution in [0.3, 0.4) is 0 Å². The molecule has 2 N–H and O–H groups in total. The van der Waals surface area contributed by atoms with E-state index in [0.717, 1.165) is 19.6 Å². The topological polar surface area (TPSA) is 53.6 Å². The third-order valence-corrected chi connectivity index (χ3v) is 3.35. The molecule has 0 unspecified atom stereocenters. The summed E-state index contributed by atoms with van der Waals surface area (Å²) in [5.41, 5.74) is 0.560. The molecule has 2 rings (SSSR count). The van der Waals surface area contributed by atoms with E-state index < -0.39 is 6.61 Å². The first-order chi connectivity index (χ1) is 10.0. The summed E-state index contributed by atoms with van der Waals surface area (Å²) in [5, 5.41) is 6.01. The Morgan fingerprint density at radius 2 is 2.19 bits per heavy atom. The normalized spacial score (nSPS) is 19.5. The third-order valence-electron chi connectivity index (χ3n) is 3.35. The molecule has 7 heteroatoms. The van der Waals surface area contributed by atoms with Crippen LogP contribution in [0.25, 0.3) is 0 Å². The van der Waals surface area contributed by atoms with Gasteiger partial charge < -0.3 is 15.4 Å². The van der Waals surface area contributed by atoms with Crippen molar-refractivity contribution in [3.05, 3.63) is 24.3 Å². The lowest BCUT2D eigenvalue weighted by atomic mass is 10.2. The van der Waals surface area contributed by atoms with Crippen molar-refractivity contribution in [1.82, 2.24) is 10.2 Å². The highest BCUT2D eigenvalue weighted by molar-refractivity contribution is 5.92. The molecule has 1 heterocycles. The molecular weight excluding hydrogens is 280 g/mol. The molecule has 0 bridgehead atoms. The van der Waals surface area contributed by atoms with E-state index >= 15 is 0 Å². The molecule has 0 aromatic heterocycles. The number of hydrogen-bond donors (Lipinski definition) is 2. The van der Waals surface area contributed by atoms with Crippen LogP contribution in [0.4, 0.5) is 14.5 Å². The van der Waals surface area contributed by atoms with Gasteiger partial charge in [-0.25, -0.2) is 0 Å². The maximum atomic E-state index is 12.0. The number of anilines is 1. The quantitative estimate of drug-likeness (QED) is 0.865. The van der Waals surface area contributed by atoms with Gasteiger partial charge in [-0.2, -0.15) is 8.78 Å². The standard InChI is InChI=1S/C14H19F2N3O2/c1-10-8-17-6-7-19(10)9-13(20)18-11-2-4-12(5-3-11)21-14(15)16/h2-5,10,14,17H,6-9H2,1H3,(H,18,20)/t10-/m1/s1. The first kappa shape index (κ1) is 15.7. The minimum absolute atomic E-state index is 0.0683. The van der Waals surface area contributed by atoms with E-state index in [0.29, 0.717) is 18.3 Å². The van der Waals surface area contributed by atoms with Crippen molar-refractivity contribution in [2.24, 2.45) is 0 Å². The van der Waals surface area contributed by atoms with E-state index in [4.69, 9.17) is 0 Å². The number of carbonyl (C=O) groups is 1. The van der Waals surface area contributed by atoms with Gasteiger partial charge in [-0.05, 0) is 31.2 Å². The van der Waals surface area contributed by atoms with Crippen molar-refractivity contribution in [3.63, 3.8) is 0 Å². The maximum Gasteiger partial charge on any atom is 0.387 e. The lowest BCUT2D eigenvalue weighted by Gasteiger charge is -2.33. The van der Waals surface area contributed by atoms with Crippen LogP contribution >= 0.6 is 0 Å². The lowest BCUT2D eigenvalue weighted by molar-refractivity contribution is -0.118. The van der Waals surface area contributed by atoms with Gasteiger partial charge in [-0.3, -0.25) is 9.69 Å². The Labute approximate surface area is 122 Å². The van der Waals surface area contributed by atoms with Crippen LogP contribution in [0.5, 0.6) is 5.75 Å². The molecule has 1 fully saturated rings. The summed E-state index contributed by atoms with van der Waals surface area (Å²) in [6.07, 6.45) is 0. The van der Waals surface area contributed by atoms with Crippen LogP contribution in [0, 0.1) is 0 Å². The summed E-state index contributed by atoms with van der Waals surface area (Å²) in [6.45, 7) is 2.10. The van der Waals surface area contributed by atoms with Gasteiger partial charge in [0.05, 0.1) is 6.54 Å². The predicted octanol–water partition coefficient (Wildman–Crippen LogP) is 1.52. The fraction of sp³-hybridized carbons (Fsp3) is 0.500. The number of nitrogens with zero attached hydrogens (tertiary/aromatic N) is 1. The minimum atomic E-state index is -2.85. The second kappa shape index (κ2) is 7.33. The summed E-state index contributed by atoms with van der Waals surface area (Å²) in [6, 6.07) is 6.18. The number of piperazine rings is 1. The molecule has 1 amide bonds. The van der Waals surface area contributed by atoms with Gasteiger partial charge in [0.15, 0.2) is 0 Å². The number of carbonyl (C=O) groups excluding carboxylic acids is 1. The Hall–Kier alpha value is -1.73. The molecule has 21 heavy (non-hydrogen) atoms. The monoisotopic (exact) mass is 299 g/mol. The summed E-state index contributed by atoms with van der Waals surface area (Å²) < 4.78 is 28.3. The van der Waals surface area contributed by atoms with E-state index in [1.165, 1.54) is 24.3 Å². The van der Waals surface area contributed by atoms with Crippen molar-refractivity contribution >= 4 is 11.6 Å². The number of hydrogen-bond acceptors (Lipinski definition) is 4.